The summed E-state index contributed by atoms with van der Waals surface area (Å²) < 4.78 is 16.5. The van der Waals surface area contributed by atoms with E-state index in [1.165, 1.54) is 6.20 Å². The number of nitrogens with one attached hydrogen (secondary N) is 1. The third-order valence-corrected chi connectivity index (χ3v) is 5.98. The molecule has 0 saturated carbocycles. The van der Waals surface area contributed by atoms with Crippen LogP contribution in [0, 0.1) is 11.8 Å². The lowest BCUT2D eigenvalue weighted by Crippen LogP contribution is -2.24. The quantitative estimate of drug-likeness (QED) is 0.108. The van der Waals surface area contributed by atoms with Crippen LogP contribution in [0.25, 0.3) is 0 Å². The molecule has 0 saturated heterocycles. The number of rotatable bonds is 18. The molecule has 0 aliphatic rings. The maximum Gasteiger partial charge on any atom is 0.347 e. The molecule has 6 heteroatoms. The average Bonchev–Trinajstić information content (AvgIpc) is 2.85. The number of esters is 2. The van der Waals surface area contributed by atoms with Gasteiger partial charge in [-0.05, 0) is 55.9 Å². The highest BCUT2D eigenvalue weighted by Crippen LogP contribution is 2.18. The van der Waals surface area contributed by atoms with Gasteiger partial charge in [0.25, 0.3) is 0 Å². The molecule has 1 aromatic carbocycles. The predicted octanol–water partition coefficient (Wildman–Crippen LogP) is 6.90. The van der Waals surface area contributed by atoms with Gasteiger partial charge in [-0.15, -0.1) is 0 Å². The fourth-order valence-electron chi connectivity index (χ4n) is 3.51. The predicted molar refractivity (Wildman–Crippen MR) is 138 cm³/mol. The van der Waals surface area contributed by atoms with Crippen LogP contribution < -0.4 is 10.1 Å². The van der Waals surface area contributed by atoms with Crippen molar-refractivity contribution in [3.8, 4) is 5.75 Å². The van der Waals surface area contributed by atoms with E-state index in [4.69, 9.17) is 14.2 Å². The molecule has 0 aliphatic carbocycles. The van der Waals surface area contributed by atoms with Crippen LogP contribution in [0.2, 0.25) is 0 Å². The molecule has 0 aliphatic heterocycles. The standard InChI is InChI=1S/C28H45NO5/c1-6-11-13-22(8-3)20-33-27(30)26(28(31)34-21-23(9-4)14-12-7-2)19-29-24-15-17-25(18-16-24)32-10-5/h15-19,22-23,29H,6-14,20-21H2,1-5H3. The molecule has 1 rings (SSSR count). The van der Waals surface area contributed by atoms with Crippen LogP contribution in [0.1, 0.15) is 86.0 Å². The molecule has 0 radical (unpaired) electrons. The summed E-state index contributed by atoms with van der Waals surface area (Å²) in [6.07, 6.45) is 9.64. The van der Waals surface area contributed by atoms with Gasteiger partial charge in [-0.2, -0.15) is 0 Å². The highest BCUT2D eigenvalue weighted by atomic mass is 16.6. The lowest BCUT2D eigenvalue weighted by molar-refractivity contribution is -0.148. The Morgan fingerprint density at radius 1 is 0.824 bits per heavy atom. The van der Waals surface area contributed by atoms with Crippen molar-refractivity contribution in [3.05, 3.63) is 36.0 Å². The number of carbonyl (C=O) groups is 2. The van der Waals surface area contributed by atoms with Crippen LogP contribution in [0.4, 0.5) is 5.69 Å². The summed E-state index contributed by atoms with van der Waals surface area (Å²) in [5.41, 5.74) is 0.606. The molecule has 34 heavy (non-hydrogen) atoms. The summed E-state index contributed by atoms with van der Waals surface area (Å²) in [7, 11) is 0. The molecule has 0 amide bonds. The Balaban J connectivity index is 2.89. The lowest BCUT2D eigenvalue weighted by Gasteiger charge is -2.17. The maximum absolute atomic E-state index is 12.9. The fraction of sp³-hybridized carbons (Fsp3) is 0.643. The van der Waals surface area contributed by atoms with Gasteiger partial charge in [0.1, 0.15) is 5.75 Å². The fourth-order valence-corrected chi connectivity index (χ4v) is 3.51. The Kier molecular flexibility index (Phi) is 15.6. The number of hydrogen-bond donors (Lipinski definition) is 1. The van der Waals surface area contributed by atoms with Gasteiger partial charge in [0.2, 0.25) is 0 Å². The van der Waals surface area contributed by atoms with Gasteiger partial charge in [-0.1, -0.05) is 66.2 Å². The van der Waals surface area contributed by atoms with Gasteiger partial charge < -0.3 is 19.5 Å². The molecular weight excluding hydrogens is 430 g/mol. The van der Waals surface area contributed by atoms with Gasteiger partial charge in [-0.3, -0.25) is 0 Å². The van der Waals surface area contributed by atoms with Gasteiger partial charge in [0.15, 0.2) is 5.57 Å². The van der Waals surface area contributed by atoms with E-state index in [1.54, 1.807) is 0 Å². The first kappa shape index (κ1) is 29.5. The molecule has 1 N–H and O–H groups in total. The summed E-state index contributed by atoms with van der Waals surface area (Å²) in [6, 6.07) is 7.31. The number of hydrogen-bond acceptors (Lipinski definition) is 6. The van der Waals surface area contributed by atoms with Crippen molar-refractivity contribution < 1.29 is 23.8 Å². The number of unbranched alkanes of at least 4 members (excludes halogenated alkanes) is 2. The SMILES string of the molecule is CCCCC(CC)COC(=O)C(=CNc1ccc(OCC)cc1)C(=O)OCC(CC)CCCC. The molecule has 0 aromatic heterocycles. The Morgan fingerprint density at radius 3 is 1.74 bits per heavy atom. The molecule has 0 fully saturated rings. The summed E-state index contributed by atoms with van der Waals surface area (Å²) >= 11 is 0. The first-order valence-corrected chi connectivity index (χ1v) is 13.0. The van der Waals surface area contributed by atoms with E-state index in [9.17, 15) is 9.59 Å². The van der Waals surface area contributed by atoms with Crippen LogP contribution in [-0.2, 0) is 19.1 Å². The van der Waals surface area contributed by atoms with E-state index in [1.807, 2.05) is 31.2 Å². The molecule has 0 spiro atoms. The number of ether oxygens (including phenoxy) is 3. The summed E-state index contributed by atoms with van der Waals surface area (Å²) in [6.45, 7) is 11.6. The lowest BCUT2D eigenvalue weighted by atomic mass is 10.0. The highest BCUT2D eigenvalue weighted by Gasteiger charge is 2.24. The molecule has 1 aromatic rings. The zero-order valence-corrected chi connectivity index (χ0v) is 21.9. The second kappa shape index (κ2) is 17.9. The van der Waals surface area contributed by atoms with Crippen molar-refractivity contribution in [1.82, 2.24) is 0 Å². The minimum absolute atomic E-state index is 0.121. The number of benzene rings is 1. The molecular formula is C28H45NO5. The maximum atomic E-state index is 12.9. The number of carbonyl (C=O) groups excluding carboxylic acids is 2. The van der Waals surface area contributed by atoms with Crippen molar-refractivity contribution in [2.45, 2.75) is 86.0 Å². The minimum atomic E-state index is -0.653. The summed E-state index contributed by atoms with van der Waals surface area (Å²) in [5, 5.41) is 3.03. The van der Waals surface area contributed by atoms with Crippen LogP contribution in [-0.4, -0.2) is 31.8 Å². The van der Waals surface area contributed by atoms with Gasteiger partial charge in [0, 0.05) is 11.9 Å². The molecule has 6 nitrogen and oxygen atoms in total. The van der Waals surface area contributed by atoms with Crippen molar-refractivity contribution in [2.75, 3.05) is 25.1 Å². The van der Waals surface area contributed by atoms with Gasteiger partial charge in [0.05, 0.1) is 19.8 Å². The Morgan fingerprint density at radius 2 is 1.32 bits per heavy atom. The third-order valence-electron chi connectivity index (χ3n) is 5.98. The van der Waals surface area contributed by atoms with E-state index in [0.29, 0.717) is 31.7 Å². The van der Waals surface area contributed by atoms with E-state index >= 15 is 0 Å². The second-order valence-electron chi connectivity index (χ2n) is 8.69. The molecule has 0 bridgehead atoms. The summed E-state index contributed by atoms with van der Waals surface area (Å²) in [4.78, 5) is 25.7. The van der Waals surface area contributed by atoms with Gasteiger partial charge in [-0.25, -0.2) is 9.59 Å². The smallest absolute Gasteiger partial charge is 0.347 e. The number of anilines is 1. The zero-order chi connectivity index (χ0) is 25.2. The average molecular weight is 476 g/mol. The van der Waals surface area contributed by atoms with Crippen LogP contribution in [0.3, 0.4) is 0 Å². The van der Waals surface area contributed by atoms with E-state index in [2.05, 4.69) is 33.0 Å². The van der Waals surface area contributed by atoms with Crippen molar-refractivity contribution in [2.24, 2.45) is 11.8 Å². The van der Waals surface area contributed by atoms with Crippen LogP contribution in [0.5, 0.6) is 5.75 Å². The molecule has 2 atom stereocenters. The van der Waals surface area contributed by atoms with Crippen molar-refractivity contribution >= 4 is 17.6 Å². The second-order valence-corrected chi connectivity index (χ2v) is 8.69. The molecule has 0 heterocycles. The van der Waals surface area contributed by atoms with E-state index in [0.717, 1.165) is 62.8 Å². The van der Waals surface area contributed by atoms with Crippen LogP contribution >= 0.6 is 0 Å². The van der Waals surface area contributed by atoms with E-state index in [-0.39, 0.29) is 5.57 Å². The zero-order valence-electron chi connectivity index (χ0n) is 21.9. The van der Waals surface area contributed by atoms with Crippen LogP contribution in [0.15, 0.2) is 36.0 Å². The van der Waals surface area contributed by atoms with Crippen molar-refractivity contribution in [3.63, 3.8) is 0 Å². The third kappa shape index (κ3) is 11.6. The highest BCUT2D eigenvalue weighted by molar-refractivity contribution is 6.14. The topological polar surface area (TPSA) is 73.9 Å². The molecule has 2 unspecified atom stereocenters. The Labute approximate surface area is 206 Å². The largest absolute Gasteiger partial charge is 0.494 e. The Hall–Kier alpha value is -2.50. The minimum Gasteiger partial charge on any atom is -0.494 e. The first-order chi connectivity index (χ1) is 16.5. The first-order valence-electron chi connectivity index (χ1n) is 13.0. The Bertz CT molecular complexity index is 695. The normalized spacial score (nSPS) is 12.4. The van der Waals surface area contributed by atoms with Gasteiger partial charge >= 0.3 is 11.9 Å². The monoisotopic (exact) mass is 475 g/mol. The molecule has 192 valence electrons. The van der Waals surface area contributed by atoms with Crippen molar-refractivity contribution in [1.29, 1.82) is 0 Å². The van der Waals surface area contributed by atoms with E-state index < -0.39 is 11.9 Å². The summed E-state index contributed by atoms with van der Waals surface area (Å²) in [5.74, 6) is 0.0314.